The van der Waals surface area contributed by atoms with Gasteiger partial charge in [-0.1, -0.05) is 29.8 Å². The van der Waals surface area contributed by atoms with Crippen molar-refractivity contribution in [2.45, 2.75) is 50.6 Å². The average Bonchev–Trinajstić information content (AvgIpc) is 3.03. The number of sulfonamides is 1. The van der Waals surface area contributed by atoms with Gasteiger partial charge in [0.15, 0.2) is 5.03 Å². The molecule has 5 nitrogen and oxygen atoms in total. The smallest absolute Gasteiger partial charge is 0.262 e. The van der Waals surface area contributed by atoms with E-state index in [4.69, 9.17) is 0 Å². The first kappa shape index (κ1) is 16.2. The number of H-pyrrole nitrogens is 1. The van der Waals surface area contributed by atoms with E-state index >= 15 is 0 Å². The van der Waals surface area contributed by atoms with Crippen LogP contribution in [0.1, 0.15) is 43.0 Å². The molecule has 0 amide bonds. The predicted molar refractivity (Wildman–Crippen MR) is 89.8 cm³/mol. The minimum atomic E-state index is -3.59. The number of hydrogen-bond donors (Lipinski definition) is 1. The molecule has 1 aromatic heterocycles. The highest BCUT2D eigenvalue weighted by Gasteiger charge is 2.48. The summed E-state index contributed by atoms with van der Waals surface area (Å²) in [4.78, 5) is 6.88. The predicted octanol–water partition coefficient (Wildman–Crippen LogP) is 2.98. The Labute approximate surface area is 137 Å². The van der Waals surface area contributed by atoms with Crippen LogP contribution in [0.15, 0.2) is 35.6 Å². The van der Waals surface area contributed by atoms with Crippen molar-refractivity contribution >= 4 is 10.0 Å². The Kier molecular flexibility index (Phi) is 3.84. The van der Waals surface area contributed by atoms with E-state index in [1.807, 2.05) is 13.8 Å². The molecule has 23 heavy (non-hydrogen) atoms. The molecular weight excluding hydrogens is 310 g/mol. The summed E-state index contributed by atoms with van der Waals surface area (Å²) in [6.07, 6.45) is 2.25. The first-order valence-corrected chi connectivity index (χ1v) is 9.28. The zero-order valence-corrected chi connectivity index (χ0v) is 14.8. The Morgan fingerprint density at radius 3 is 2.43 bits per heavy atom. The van der Waals surface area contributed by atoms with E-state index in [-0.39, 0.29) is 10.9 Å². The van der Waals surface area contributed by atoms with Crippen LogP contribution < -0.4 is 0 Å². The van der Waals surface area contributed by atoms with E-state index in [1.54, 1.807) is 11.2 Å². The molecule has 1 unspecified atom stereocenters. The third-order valence-corrected chi connectivity index (χ3v) is 7.05. The highest BCUT2D eigenvalue weighted by molar-refractivity contribution is 7.89. The molecule has 3 rings (SSSR count). The Bertz CT molecular complexity index is 807. The summed E-state index contributed by atoms with van der Waals surface area (Å²) in [6.45, 7) is 8.31. The molecule has 0 spiro atoms. The van der Waals surface area contributed by atoms with Crippen molar-refractivity contribution < 1.29 is 8.42 Å². The number of nitrogens with one attached hydrogen (secondary N) is 1. The van der Waals surface area contributed by atoms with Crippen LogP contribution in [0.25, 0.3) is 0 Å². The zero-order valence-electron chi connectivity index (χ0n) is 14.0. The van der Waals surface area contributed by atoms with Crippen molar-refractivity contribution in [1.82, 2.24) is 14.3 Å². The second kappa shape index (κ2) is 5.46. The van der Waals surface area contributed by atoms with Gasteiger partial charge >= 0.3 is 0 Å². The molecule has 1 aliphatic heterocycles. The van der Waals surface area contributed by atoms with Crippen molar-refractivity contribution in [3.05, 3.63) is 47.4 Å². The molecule has 1 fully saturated rings. The van der Waals surface area contributed by atoms with Crippen LogP contribution in [0.3, 0.4) is 0 Å². The lowest BCUT2D eigenvalue weighted by Crippen LogP contribution is -2.45. The van der Waals surface area contributed by atoms with E-state index in [0.29, 0.717) is 12.2 Å². The summed E-state index contributed by atoms with van der Waals surface area (Å²) >= 11 is 0. The Balaban J connectivity index is 1.97. The molecule has 1 aromatic carbocycles. The molecule has 1 N–H and O–H groups in total. The molecule has 1 aliphatic rings. The van der Waals surface area contributed by atoms with Crippen LogP contribution >= 0.6 is 0 Å². The van der Waals surface area contributed by atoms with Crippen LogP contribution in [-0.2, 0) is 10.0 Å². The number of hydrogen-bond acceptors (Lipinski definition) is 3. The number of benzene rings is 1. The van der Waals surface area contributed by atoms with Crippen molar-refractivity contribution in [1.29, 1.82) is 0 Å². The fourth-order valence-electron chi connectivity index (χ4n) is 3.58. The van der Waals surface area contributed by atoms with Gasteiger partial charge in [0.25, 0.3) is 10.0 Å². The van der Waals surface area contributed by atoms with Gasteiger partial charge in [0.2, 0.25) is 0 Å². The summed E-state index contributed by atoms with van der Waals surface area (Å²) in [5.41, 5.74) is 2.50. The zero-order chi connectivity index (χ0) is 16.8. The standard InChI is InChI=1S/C17H23N3O2S/c1-12-5-7-14(8-6-12)15-9-10-20(17(15,3)4)23(21,22)16-13(2)18-11-19-16/h5-8,11,15H,9-10H2,1-4H3,(H,18,19). The molecule has 2 heterocycles. The molecule has 0 bridgehead atoms. The van der Waals surface area contributed by atoms with Crippen molar-refractivity contribution in [2.75, 3.05) is 6.54 Å². The molecule has 0 saturated carbocycles. The topological polar surface area (TPSA) is 66.1 Å². The Morgan fingerprint density at radius 2 is 1.87 bits per heavy atom. The van der Waals surface area contributed by atoms with Crippen molar-refractivity contribution in [2.24, 2.45) is 0 Å². The Morgan fingerprint density at radius 1 is 1.22 bits per heavy atom. The van der Waals surface area contributed by atoms with Crippen molar-refractivity contribution in [3.63, 3.8) is 0 Å². The summed E-state index contributed by atoms with van der Waals surface area (Å²) in [5, 5.41) is 0.134. The summed E-state index contributed by atoms with van der Waals surface area (Å²) < 4.78 is 27.6. The van der Waals surface area contributed by atoms with Gasteiger partial charge in [-0.15, -0.1) is 0 Å². The van der Waals surface area contributed by atoms with Gasteiger partial charge in [-0.2, -0.15) is 4.31 Å². The molecule has 2 aromatic rings. The first-order chi connectivity index (χ1) is 10.7. The largest absolute Gasteiger partial charge is 0.348 e. The average molecular weight is 333 g/mol. The Hall–Kier alpha value is -1.66. The lowest BCUT2D eigenvalue weighted by atomic mass is 9.83. The second-order valence-electron chi connectivity index (χ2n) is 6.82. The summed E-state index contributed by atoms with van der Waals surface area (Å²) in [5.74, 6) is 0.178. The van der Waals surface area contributed by atoms with E-state index in [2.05, 4.69) is 41.2 Å². The minimum Gasteiger partial charge on any atom is -0.348 e. The van der Waals surface area contributed by atoms with Gasteiger partial charge in [-0.05, 0) is 39.7 Å². The third-order valence-electron chi connectivity index (χ3n) is 4.91. The van der Waals surface area contributed by atoms with Crippen LogP contribution in [0.5, 0.6) is 0 Å². The molecule has 1 atom stereocenters. The van der Waals surface area contributed by atoms with Gasteiger partial charge < -0.3 is 4.98 Å². The molecule has 0 radical (unpaired) electrons. The number of imidazole rings is 1. The molecule has 1 saturated heterocycles. The minimum absolute atomic E-state index is 0.134. The van der Waals surface area contributed by atoms with Gasteiger partial charge in [0.1, 0.15) is 0 Å². The maximum absolute atomic E-state index is 13.0. The van der Waals surface area contributed by atoms with Crippen LogP contribution in [0.2, 0.25) is 0 Å². The molecular formula is C17H23N3O2S. The molecule has 0 aliphatic carbocycles. The highest BCUT2D eigenvalue weighted by atomic mass is 32.2. The number of aromatic nitrogens is 2. The van der Waals surface area contributed by atoms with E-state index < -0.39 is 15.6 Å². The van der Waals surface area contributed by atoms with Crippen molar-refractivity contribution in [3.8, 4) is 0 Å². The fourth-order valence-corrected chi connectivity index (χ4v) is 5.51. The maximum Gasteiger partial charge on any atom is 0.262 e. The van der Waals surface area contributed by atoms with Gasteiger partial charge in [0, 0.05) is 18.0 Å². The van der Waals surface area contributed by atoms with Crippen LogP contribution in [0, 0.1) is 13.8 Å². The second-order valence-corrected chi connectivity index (χ2v) is 8.59. The number of rotatable bonds is 3. The SMILES string of the molecule is Cc1ccc(C2CCN(S(=O)(=O)c3nc[nH]c3C)C2(C)C)cc1. The number of aromatic amines is 1. The van der Waals surface area contributed by atoms with E-state index in [1.165, 1.54) is 17.5 Å². The summed E-state index contributed by atoms with van der Waals surface area (Å²) in [6, 6.07) is 8.39. The number of aryl methyl sites for hydroxylation is 2. The first-order valence-electron chi connectivity index (χ1n) is 7.84. The monoisotopic (exact) mass is 333 g/mol. The van der Waals surface area contributed by atoms with Gasteiger partial charge in [0.05, 0.1) is 12.0 Å². The number of nitrogens with zero attached hydrogens (tertiary/aromatic N) is 2. The highest BCUT2D eigenvalue weighted by Crippen LogP contribution is 2.44. The lowest BCUT2D eigenvalue weighted by Gasteiger charge is -2.35. The van der Waals surface area contributed by atoms with E-state index in [0.717, 1.165) is 6.42 Å². The normalized spacial score (nSPS) is 21.7. The maximum atomic E-state index is 13.0. The lowest BCUT2D eigenvalue weighted by molar-refractivity contribution is 0.269. The molecule has 124 valence electrons. The molecule has 6 heteroatoms. The fraction of sp³-hybridized carbons (Fsp3) is 0.471. The van der Waals surface area contributed by atoms with Gasteiger partial charge in [-0.25, -0.2) is 13.4 Å². The third kappa shape index (κ3) is 2.60. The van der Waals surface area contributed by atoms with Crippen LogP contribution in [-0.4, -0.2) is 34.8 Å². The van der Waals surface area contributed by atoms with E-state index in [9.17, 15) is 8.42 Å². The summed E-state index contributed by atoms with van der Waals surface area (Å²) in [7, 11) is -3.59. The quantitative estimate of drug-likeness (QED) is 0.939. The van der Waals surface area contributed by atoms with Gasteiger partial charge in [-0.3, -0.25) is 0 Å². The van der Waals surface area contributed by atoms with Crippen LogP contribution in [0.4, 0.5) is 0 Å².